The smallest absolute Gasteiger partial charge is 0.266 e. The van der Waals surface area contributed by atoms with Gasteiger partial charge in [0.15, 0.2) is 0 Å². The van der Waals surface area contributed by atoms with Crippen LogP contribution in [0.3, 0.4) is 0 Å². The average molecular weight is 442 g/mol. The molecule has 0 atom stereocenters. The first-order valence-corrected chi connectivity index (χ1v) is 10.4. The van der Waals surface area contributed by atoms with Gasteiger partial charge in [-0.05, 0) is 85.6 Å². The molecule has 0 fully saturated rings. The Labute approximate surface area is 191 Å². The van der Waals surface area contributed by atoms with Crippen LogP contribution in [0.2, 0.25) is 0 Å². The second-order valence-electron chi connectivity index (χ2n) is 7.89. The predicted octanol–water partition coefficient (Wildman–Crippen LogP) is 4.80. The molecule has 3 aromatic rings. The number of hydrogen-bond donors (Lipinski definition) is 0. The molecule has 0 saturated heterocycles. The first-order chi connectivity index (χ1) is 15.7. The maximum atomic E-state index is 12.9. The highest BCUT2D eigenvalue weighted by Gasteiger charge is 2.37. The van der Waals surface area contributed by atoms with Gasteiger partial charge in [-0.3, -0.25) is 24.1 Å². The molecule has 3 aromatic carbocycles. The number of carbonyl (C=O) groups is 4. The van der Waals surface area contributed by atoms with Crippen molar-refractivity contribution in [3.63, 3.8) is 0 Å². The third-order valence-electron chi connectivity index (χ3n) is 5.56. The molecule has 4 amide bonds. The lowest BCUT2D eigenvalue weighted by molar-refractivity contribution is -0.124. The van der Waals surface area contributed by atoms with E-state index in [9.17, 15) is 19.2 Å². The number of nitrogens with zero attached hydrogens (tertiary/aromatic N) is 2. The van der Waals surface area contributed by atoms with Crippen LogP contribution in [0.5, 0.6) is 11.5 Å². The number of hydrogen-bond acceptors (Lipinski definition) is 5. The molecule has 0 saturated carbocycles. The summed E-state index contributed by atoms with van der Waals surface area (Å²) in [4.78, 5) is 51.3. The first kappa shape index (κ1) is 22.0. The van der Waals surface area contributed by atoms with Gasteiger partial charge >= 0.3 is 0 Å². The minimum Gasteiger partial charge on any atom is -0.457 e. The maximum absolute atomic E-state index is 12.9. The molecule has 0 aliphatic carbocycles. The summed E-state index contributed by atoms with van der Waals surface area (Å²) in [6.45, 7) is 6.47. The van der Waals surface area contributed by atoms with Crippen LogP contribution in [0.4, 0.5) is 11.4 Å². The highest BCUT2D eigenvalue weighted by molar-refractivity contribution is 6.34. The topological polar surface area (TPSA) is 84.0 Å². The number of amides is 4. The quantitative estimate of drug-likeness (QED) is 0.542. The van der Waals surface area contributed by atoms with Crippen molar-refractivity contribution in [2.45, 2.75) is 27.7 Å². The van der Waals surface area contributed by atoms with Crippen molar-refractivity contribution in [2.75, 3.05) is 9.80 Å². The summed E-state index contributed by atoms with van der Waals surface area (Å²) < 4.78 is 5.82. The fraction of sp³-hybridized carbons (Fsp3) is 0.154. The lowest BCUT2D eigenvalue weighted by Crippen LogP contribution is -2.32. The van der Waals surface area contributed by atoms with Crippen LogP contribution in [0, 0.1) is 13.8 Å². The van der Waals surface area contributed by atoms with Gasteiger partial charge in [-0.15, -0.1) is 0 Å². The van der Waals surface area contributed by atoms with Crippen LogP contribution in [0.25, 0.3) is 0 Å². The summed E-state index contributed by atoms with van der Waals surface area (Å²) in [6.07, 6.45) is 0. The van der Waals surface area contributed by atoms with E-state index in [0.29, 0.717) is 34.0 Å². The van der Waals surface area contributed by atoms with Crippen LogP contribution in [0.15, 0.2) is 60.7 Å². The Hall–Kier alpha value is -4.26. The van der Waals surface area contributed by atoms with E-state index in [1.807, 2.05) is 13.8 Å². The molecule has 0 unspecified atom stereocenters. The van der Waals surface area contributed by atoms with Crippen molar-refractivity contribution in [3.8, 4) is 11.5 Å². The number of imide groups is 2. The van der Waals surface area contributed by atoms with Crippen molar-refractivity contribution >= 4 is 35.0 Å². The van der Waals surface area contributed by atoms with Crippen molar-refractivity contribution in [3.05, 3.63) is 82.9 Å². The van der Waals surface area contributed by atoms with Gasteiger partial charge in [-0.25, -0.2) is 4.90 Å². The average Bonchev–Trinajstić information content (AvgIpc) is 2.99. The molecule has 4 rings (SSSR count). The molecule has 7 nitrogen and oxygen atoms in total. The van der Waals surface area contributed by atoms with E-state index >= 15 is 0 Å². The number of rotatable bonds is 4. The molecule has 166 valence electrons. The molecular weight excluding hydrogens is 420 g/mol. The number of ether oxygens (including phenoxy) is 1. The van der Waals surface area contributed by atoms with Crippen molar-refractivity contribution < 1.29 is 23.9 Å². The lowest BCUT2D eigenvalue weighted by atomic mass is 10.0. The zero-order valence-corrected chi connectivity index (χ0v) is 18.7. The van der Waals surface area contributed by atoms with E-state index in [2.05, 4.69) is 0 Å². The second kappa shape index (κ2) is 8.35. The van der Waals surface area contributed by atoms with Gasteiger partial charge in [0.1, 0.15) is 11.5 Å². The molecule has 0 aromatic heterocycles. The van der Waals surface area contributed by atoms with E-state index in [4.69, 9.17) is 4.74 Å². The number of anilines is 2. The number of benzene rings is 3. The zero-order chi connectivity index (χ0) is 23.9. The molecule has 1 aliphatic rings. The molecule has 0 bridgehead atoms. The lowest BCUT2D eigenvalue weighted by Gasteiger charge is -2.17. The number of carbonyl (C=O) groups excluding carboxylic acids is 4. The fourth-order valence-corrected chi connectivity index (χ4v) is 3.79. The van der Waals surface area contributed by atoms with Gasteiger partial charge in [-0.1, -0.05) is 0 Å². The third kappa shape index (κ3) is 4.01. The summed E-state index contributed by atoms with van der Waals surface area (Å²) in [5.41, 5.74) is 3.65. The first-order valence-electron chi connectivity index (χ1n) is 10.4. The number of fused-ring (bicyclic) bond motifs is 1. The Morgan fingerprint density at radius 1 is 0.727 bits per heavy atom. The van der Waals surface area contributed by atoms with E-state index < -0.39 is 0 Å². The minimum atomic E-state index is -0.370. The van der Waals surface area contributed by atoms with Gasteiger partial charge in [0.05, 0.1) is 22.5 Å². The Kier molecular flexibility index (Phi) is 5.55. The van der Waals surface area contributed by atoms with E-state index in [0.717, 1.165) is 16.0 Å². The van der Waals surface area contributed by atoms with Crippen molar-refractivity contribution in [1.29, 1.82) is 0 Å². The summed E-state index contributed by atoms with van der Waals surface area (Å²) in [6, 6.07) is 16.7. The van der Waals surface area contributed by atoms with E-state index in [1.165, 1.54) is 18.7 Å². The van der Waals surface area contributed by atoms with Gasteiger partial charge in [0.25, 0.3) is 11.8 Å². The summed E-state index contributed by atoms with van der Waals surface area (Å²) in [5.74, 6) is -0.420. The maximum Gasteiger partial charge on any atom is 0.266 e. The molecule has 0 radical (unpaired) electrons. The normalized spacial score (nSPS) is 12.5. The zero-order valence-electron chi connectivity index (χ0n) is 18.7. The van der Waals surface area contributed by atoms with Crippen molar-refractivity contribution in [1.82, 2.24) is 0 Å². The minimum absolute atomic E-state index is 0.345. The van der Waals surface area contributed by atoms with Crippen LogP contribution in [0.1, 0.15) is 45.7 Å². The summed E-state index contributed by atoms with van der Waals surface area (Å²) in [7, 11) is 0. The fourth-order valence-electron chi connectivity index (χ4n) is 3.79. The molecule has 33 heavy (non-hydrogen) atoms. The summed E-state index contributed by atoms with van der Waals surface area (Å²) >= 11 is 0. The predicted molar refractivity (Wildman–Crippen MR) is 124 cm³/mol. The Morgan fingerprint density at radius 2 is 1.15 bits per heavy atom. The van der Waals surface area contributed by atoms with Gasteiger partial charge in [-0.2, -0.15) is 0 Å². The van der Waals surface area contributed by atoms with Gasteiger partial charge in [0, 0.05) is 13.8 Å². The standard InChI is InChI=1S/C26H22N2O5/c1-15-13-23-24(14-16(15)2)26(32)28(25(23)31)20-7-11-22(12-8-20)33-21-9-5-19(6-10-21)27(17(3)29)18(4)30/h5-14H,1-4H3. The highest BCUT2D eigenvalue weighted by atomic mass is 16.5. The SMILES string of the molecule is CC(=O)N(C(C)=O)c1ccc(Oc2ccc(N3C(=O)c4cc(C)c(C)cc4C3=O)cc2)cc1. The van der Waals surface area contributed by atoms with E-state index in [-0.39, 0.29) is 23.6 Å². The van der Waals surface area contributed by atoms with Gasteiger partial charge in [0.2, 0.25) is 11.8 Å². The molecular formula is C26H22N2O5. The molecule has 0 N–H and O–H groups in total. The van der Waals surface area contributed by atoms with Crippen LogP contribution >= 0.6 is 0 Å². The largest absolute Gasteiger partial charge is 0.457 e. The van der Waals surface area contributed by atoms with Crippen LogP contribution in [-0.4, -0.2) is 23.6 Å². The van der Waals surface area contributed by atoms with Crippen molar-refractivity contribution in [2.24, 2.45) is 0 Å². The molecule has 0 spiro atoms. The highest BCUT2D eigenvalue weighted by Crippen LogP contribution is 2.32. The molecule has 1 heterocycles. The van der Waals surface area contributed by atoms with E-state index in [1.54, 1.807) is 60.7 Å². The third-order valence-corrected chi connectivity index (χ3v) is 5.56. The molecule has 7 heteroatoms. The molecule has 1 aliphatic heterocycles. The van der Waals surface area contributed by atoms with Crippen LogP contribution in [-0.2, 0) is 9.59 Å². The van der Waals surface area contributed by atoms with Crippen LogP contribution < -0.4 is 14.5 Å². The monoisotopic (exact) mass is 442 g/mol. The van der Waals surface area contributed by atoms with Gasteiger partial charge < -0.3 is 4.74 Å². The Bertz CT molecular complexity index is 1240. The Morgan fingerprint density at radius 3 is 1.58 bits per heavy atom. The number of aryl methyl sites for hydroxylation is 2. The second-order valence-corrected chi connectivity index (χ2v) is 7.89. The Balaban J connectivity index is 1.51. The summed E-state index contributed by atoms with van der Waals surface area (Å²) in [5, 5.41) is 0.